The number of nitrogens with one attached hydrogen (secondary N) is 2. The van der Waals surface area contributed by atoms with Gasteiger partial charge in [0, 0.05) is 5.70 Å². The van der Waals surface area contributed by atoms with E-state index in [1.54, 1.807) is 0 Å². The third kappa shape index (κ3) is 4.97. The van der Waals surface area contributed by atoms with E-state index < -0.39 is 0 Å². The molecule has 1 aromatic heterocycles. The van der Waals surface area contributed by atoms with Crippen molar-refractivity contribution in [3.63, 3.8) is 0 Å². The summed E-state index contributed by atoms with van der Waals surface area (Å²) < 4.78 is 0. The number of rotatable bonds is 4. The van der Waals surface area contributed by atoms with Crippen LogP contribution in [0.3, 0.4) is 0 Å². The number of amides is 2. The Labute approximate surface area is 123 Å². The quantitative estimate of drug-likeness (QED) is 0.830. The largest absolute Gasteiger partial charge is 0.325 e. The number of allylic oxidation sites excluding steroid dienone is 4. The number of anilines is 1. The second-order valence-electron chi connectivity index (χ2n) is 4.73. The first-order valence-electron chi connectivity index (χ1n) is 6.19. The summed E-state index contributed by atoms with van der Waals surface area (Å²) in [5.41, 5.74) is 3.75. The number of carbonyl (C=O) groups excluding carboxylic acids is 1. The molecule has 0 aliphatic heterocycles. The average Bonchev–Trinajstić information content (AvgIpc) is 2.73. The number of carbonyl (C=O) groups is 1. The Balaban J connectivity index is 2.79. The third-order valence-electron chi connectivity index (χ3n) is 2.60. The van der Waals surface area contributed by atoms with E-state index in [-0.39, 0.29) is 6.03 Å². The van der Waals surface area contributed by atoms with Crippen LogP contribution in [0.2, 0.25) is 0 Å². The zero-order valence-electron chi connectivity index (χ0n) is 12.5. The van der Waals surface area contributed by atoms with Crippen molar-refractivity contribution in [2.75, 3.05) is 5.32 Å². The first kappa shape index (κ1) is 16.1. The van der Waals surface area contributed by atoms with Crippen molar-refractivity contribution in [2.45, 2.75) is 34.6 Å². The molecule has 0 radical (unpaired) electrons. The summed E-state index contributed by atoms with van der Waals surface area (Å²) in [7, 11) is 0. The van der Waals surface area contributed by atoms with Crippen LogP contribution in [0.25, 0.3) is 0 Å². The fourth-order valence-electron chi connectivity index (χ4n) is 1.22. The molecule has 2 amide bonds. The molecule has 0 aliphatic rings. The van der Waals surface area contributed by atoms with Gasteiger partial charge in [-0.25, -0.2) is 4.79 Å². The second kappa shape index (κ2) is 7.00. The normalized spacial score (nSPS) is 10.9. The van der Waals surface area contributed by atoms with Gasteiger partial charge in [-0.3, -0.25) is 5.32 Å². The van der Waals surface area contributed by atoms with Crippen molar-refractivity contribution >= 4 is 22.5 Å². The monoisotopic (exact) mass is 292 g/mol. The third-order valence-corrected chi connectivity index (χ3v) is 3.36. The molecular formula is C14H20N4OS. The fraction of sp³-hybridized carbons (Fsp3) is 0.357. The standard InChI is InChI=1S/C14H20N4OS/c1-8(2)10(5)7-12(9(3)4)15-13(19)16-14-18-17-11(6)20-14/h7H,3H2,1-2,4-6H3,(H2,15,16,18,19)/b12-7+. The van der Waals surface area contributed by atoms with Crippen LogP contribution in [-0.4, -0.2) is 16.2 Å². The summed E-state index contributed by atoms with van der Waals surface area (Å²) in [4.78, 5) is 11.9. The van der Waals surface area contributed by atoms with Gasteiger partial charge in [0.1, 0.15) is 5.01 Å². The summed E-state index contributed by atoms with van der Waals surface area (Å²) in [6.07, 6.45) is 1.91. The maximum atomic E-state index is 11.9. The summed E-state index contributed by atoms with van der Waals surface area (Å²) >= 11 is 1.32. The van der Waals surface area contributed by atoms with E-state index in [2.05, 4.69) is 27.4 Å². The highest BCUT2D eigenvalue weighted by atomic mass is 32.1. The molecule has 5 nitrogen and oxygen atoms in total. The van der Waals surface area contributed by atoms with Crippen LogP contribution in [0.15, 0.2) is 35.1 Å². The minimum atomic E-state index is -0.350. The van der Waals surface area contributed by atoms with Crippen LogP contribution >= 0.6 is 11.3 Å². The Morgan fingerprint density at radius 3 is 2.35 bits per heavy atom. The van der Waals surface area contributed by atoms with Crippen LogP contribution in [-0.2, 0) is 0 Å². The number of aromatic nitrogens is 2. The SMILES string of the molecule is C=C(C)/C(=C\C(C)=C(C)C)NC(=O)Nc1nnc(C)s1. The van der Waals surface area contributed by atoms with Gasteiger partial charge in [0.25, 0.3) is 0 Å². The average molecular weight is 292 g/mol. The Hall–Kier alpha value is -1.95. The van der Waals surface area contributed by atoms with Crippen molar-refractivity contribution in [1.82, 2.24) is 15.5 Å². The molecule has 0 atom stereocenters. The highest BCUT2D eigenvalue weighted by molar-refractivity contribution is 7.15. The smallest absolute Gasteiger partial charge is 0.307 e. The predicted octanol–water partition coefficient (Wildman–Crippen LogP) is 3.78. The molecule has 0 saturated heterocycles. The highest BCUT2D eigenvalue weighted by Crippen LogP contribution is 2.14. The number of urea groups is 1. The van der Waals surface area contributed by atoms with E-state index in [4.69, 9.17) is 0 Å². The van der Waals surface area contributed by atoms with Crippen molar-refractivity contribution in [2.24, 2.45) is 0 Å². The van der Waals surface area contributed by atoms with Gasteiger partial charge in [-0.05, 0) is 46.3 Å². The molecule has 6 heteroatoms. The zero-order chi connectivity index (χ0) is 15.3. The van der Waals surface area contributed by atoms with Gasteiger partial charge in [0.2, 0.25) is 5.13 Å². The van der Waals surface area contributed by atoms with Crippen LogP contribution in [0, 0.1) is 6.92 Å². The molecule has 0 aliphatic carbocycles. The van der Waals surface area contributed by atoms with E-state index in [1.807, 2.05) is 40.7 Å². The predicted molar refractivity (Wildman–Crippen MR) is 83.7 cm³/mol. The number of hydrogen-bond donors (Lipinski definition) is 2. The second-order valence-corrected chi connectivity index (χ2v) is 5.91. The van der Waals surface area contributed by atoms with Crippen LogP contribution in [0.1, 0.15) is 32.7 Å². The first-order chi connectivity index (χ1) is 9.29. The lowest BCUT2D eigenvalue weighted by atomic mass is 10.1. The van der Waals surface area contributed by atoms with E-state index >= 15 is 0 Å². The molecular weight excluding hydrogens is 272 g/mol. The molecule has 0 spiro atoms. The van der Waals surface area contributed by atoms with Gasteiger partial charge >= 0.3 is 6.03 Å². The molecule has 2 N–H and O–H groups in total. The molecule has 0 aromatic carbocycles. The van der Waals surface area contributed by atoms with Crippen molar-refractivity contribution in [1.29, 1.82) is 0 Å². The van der Waals surface area contributed by atoms with Gasteiger partial charge < -0.3 is 5.32 Å². The minimum absolute atomic E-state index is 0.350. The molecule has 1 heterocycles. The van der Waals surface area contributed by atoms with Gasteiger partial charge in [-0.1, -0.05) is 29.1 Å². The summed E-state index contributed by atoms with van der Waals surface area (Å²) in [6.45, 7) is 13.6. The topological polar surface area (TPSA) is 66.9 Å². The minimum Gasteiger partial charge on any atom is -0.307 e. The van der Waals surface area contributed by atoms with Crippen molar-refractivity contribution in [3.05, 3.63) is 40.1 Å². The van der Waals surface area contributed by atoms with Gasteiger partial charge in [0.15, 0.2) is 0 Å². The zero-order valence-corrected chi connectivity index (χ0v) is 13.3. The summed E-state index contributed by atoms with van der Waals surface area (Å²) in [6, 6.07) is -0.350. The maximum Gasteiger partial charge on any atom is 0.325 e. The molecule has 0 fully saturated rings. The summed E-state index contributed by atoms with van der Waals surface area (Å²) in [5, 5.41) is 14.4. The van der Waals surface area contributed by atoms with Crippen molar-refractivity contribution in [3.8, 4) is 0 Å². The molecule has 0 unspecified atom stereocenters. The Bertz CT molecular complexity index is 580. The first-order valence-corrected chi connectivity index (χ1v) is 7.01. The highest BCUT2D eigenvalue weighted by Gasteiger charge is 2.08. The number of hydrogen-bond acceptors (Lipinski definition) is 4. The van der Waals surface area contributed by atoms with E-state index in [9.17, 15) is 4.79 Å². The molecule has 1 rings (SSSR count). The van der Waals surface area contributed by atoms with Gasteiger partial charge in [-0.2, -0.15) is 0 Å². The van der Waals surface area contributed by atoms with E-state index in [0.717, 1.165) is 16.2 Å². The van der Waals surface area contributed by atoms with Crippen LogP contribution in [0.5, 0.6) is 0 Å². The molecule has 0 bridgehead atoms. The Morgan fingerprint density at radius 2 is 1.90 bits per heavy atom. The van der Waals surface area contributed by atoms with Gasteiger partial charge in [-0.15, -0.1) is 10.2 Å². The fourth-order valence-corrected chi connectivity index (χ4v) is 1.81. The molecule has 108 valence electrons. The van der Waals surface area contributed by atoms with Crippen LogP contribution < -0.4 is 10.6 Å². The lowest BCUT2D eigenvalue weighted by Gasteiger charge is -2.10. The van der Waals surface area contributed by atoms with Crippen LogP contribution in [0.4, 0.5) is 9.93 Å². The van der Waals surface area contributed by atoms with E-state index in [0.29, 0.717) is 10.8 Å². The Kier molecular flexibility index (Phi) is 5.64. The van der Waals surface area contributed by atoms with Gasteiger partial charge in [0.05, 0.1) is 0 Å². The lowest BCUT2D eigenvalue weighted by molar-refractivity contribution is 0.254. The molecule has 0 saturated carbocycles. The van der Waals surface area contributed by atoms with Crippen molar-refractivity contribution < 1.29 is 4.79 Å². The number of nitrogens with zero attached hydrogens (tertiary/aromatic N) is 2. The van der Waals surface area contributed by atoms with E-state index in [1.165, 1.54) is 16.9 Å². The summed E-state index contributed by atoms with van der Waals surface area (Å²) in [5.74, 6) is 0. The number of aryl methyl sites for hydroxylation is 1. The molecule has 1 aromatic rings. The maximum absolute atomic E-state index is 11.9. The lowest BCUT2D eigenvalue weighted by Crippen LogP contribution is -2.28. The molecule has 20 heavy (non-hydrogen) atoms. The Morgan fingerprint density at radius 1 is 1.25 bits per heavy atom.